The number of carbonyl (C=O) groups is 2. The van der Waals surface area contributed by atoms with Crippen molar-refractivity contribution in [3.8, 4) is 0 Å². The van der Waals surface area contributed by atoms with Gasteiger partial charge < -0.3 is 24.6 Å². The van der Waals surface area contributed by atoms with E-state index in [1.165, 1.54) is 12.8 Å². The summed E-state index contributed by atoms with van der Waals surface area (Å²) in [5, 5.41) is 19.2. The van der Waals surface area contributed by atoms with E-state index in [-0.39, 0.29) is 12.8 Å². The first kappa shape index (κ1) is 53.9. The van der Waals surface area contributed by atoms with Gasteiger partial charge in [-0.15, -0.1) is 0 Å². The van der Waals surface area contributed by atoms with E-state index >= 15 is 0 Å². The van der Waals surface area contributed by atoms with Crippen LogP contribution >= 0.6 is 7.82 Å². The van der Waals surface area contributed by atoms with E-state index in [4.69, 9.17) is 18.5 Å². The number of hydrogen-bond donors (Lipinski definition) is 3. The monoisotopic (exact) mass is 819 g/mol. The molecule has 0 aliphatic rings. The second-order valence-electron chi connectivity index (χ2n) is 13.6. The fraction of sp³-hybridized carbons (Fsp3) is 0.609. The van der Waals surface area contributed by atoms with Crippen molar-refractivity contribution < 1.29 is 47.8 Å². The van der Waals surface area contributed by atoms with Gasteiger partial charge in [0, 0.05) is 12.8 Å². The maximum absolute atomic E-state index is 12.4. The molecule has 0 heterocycles. The van der Waals surface area contributed by atoms with Gasteiger partial charge in [-0.05, 0) is 83.5 Å². The van der Waals surface area contributed by atoms with Crippen LogP contribution in [0.4, 0.5) is 0 Å². The molecule has 0 aromatic rings. The van der Waals surface area contributed by atoms with Crippen molar-refractivity contribution in [1.82, 2.24) is 0 Å². The predicted octanol–water partition coefficient (Wildman–Crippen LogP) is 11.2. The van der Waals surface area contributed by atoms with Crippen LogP contribution in [0.5, 0.6) is 0 Å². The summed E-state index contributed by atoms with van der Waals surface area (Å²) in [7, 11) is -4.66. The Kier molecular flexibility index (Phi) is 38.8. The average Bonchev–Trinajstić information content (AvgIpc) is 3.20. The summed E-state index contributed by atoms with van der Waals surface area (Å²) in [6, 6.07) is 0. The third-order valence-corrected chi connectivity index (χ3v) is 9.24. The molecule has 0 aliphatic heterocycles. The van der Waals surface area contributed by atoms with Crippen molar-refractivity contribution in [3.05, 3.63) is 97.2 Å². The topological polar surface area (TPSA) is 149 Å². The lowest BCUT2D eigenvalue weighted by atomic mass is 10.1. The zero-order chi connectivity index (χ0) is 41.9. The molecule has 0 saturated carbocycles. The van der Waals surface area contributed by atoms with Crippen LogP contribution in [-0.4, -0.2) is 65.7 Å². The fourth-order valence-electron chi connectivity index (χ4n) is 5.10. The van der Waals surface area contributed by atoms with Crippen LogP contribution in [0.25, 0.3) is 0 Å². The van der Waals surface area contributed by atoms with Gasteiger partial charge in [-0.25, -0.2) is 4.57 Å². The van der Waals surface area contributed by atoms with Crippen molar-refractivity contribution in [3.63, 3.8) is 0 Å². The van der Waals surface area contributed by atoms with Gasteiger partial charge in [0.05, 0.1) is 26.4 Å². The van der Waals surface area contributed by atoms with E-state index in [1.54, 1.807) is 0 Å². The molecule has 3 unspecified atom stereocenters. The van der Waals surface area contributed by atoms with Crippen LogP contribution in [-0.2, 0) is 32.7 Å². The van der Waals surface area contributed by atoms with Crippen molar-refractivity contribution >= 4 is 19.8 Å². The molecule has 0 saturated heterocycles. The second-order valence-corrected chi connectivity index (χ2v) is 15.0. The number of hydrogen-bond acceptors (Lipinski definition) is 9. The molecule has 0 rings (SSSR count). The number of phosphoric acid groups is 1. The number of aliphatic hydroxyl groups is 2. The predicted molar refractivity (Wildman–Crippen MR) is 232 cm³/mol. The van der Waals surface area contributed by atoms with Gasteiger partial charge in [-0.2, -0.15) is 0 Å². The molecule has 324 valence electrons. The zero-order valence-corrected chi connectivity index (χ0v) is 35.9. The molecular weight excluding hydrogens is 743 g/mol. The molecule has 0 aromatic heterocycles. The zero-order valence-electron chi connectivity index (χ0n) is 35.0. The summed E-state index contributed by atoms with van der Waals surface area (Å²) in [5.41, 5.74) is 0. The van der Waals surface area contributed by atoms with Crippen LogP contribution in [0, 0.1) is 0 Å². The highest BCUT2D eigenvalue weighted by atomic mass is 31.2. The lowest BCUT2D eigenvalue weighted by Crippen LogP contribution is -2.28. The number of rotatable bonds is 38. The molecule has 0 radical (unpaired) electrons. The standard InChI is InChI=1S/C46H75O10P/c1-3-5-7-9-11-13-15-17-19-21-23-25-27-29-31-33-35-37-45(49)55-43(39-47)41-53-57(51,52)54-42-44(40-48)56-46(50)38-36-34-32-30-28-26-24-22-20-18-16-14-12-10-8-6-4-2/h5-8,11-14,17-20,23,25,29,31,43-44,47-48H,3-4,9-10,15-16,21-22,24,26-28,30,32-42H2,1-2H3,(H,51,52)/b7-5-,8-6-,13-11-,14-12-,19-17-,20-18-,25-23-,31-29-. The maximum atomic E-state index is 12.4. The van der Waals surface area contributed by atoms with Gasteiger partial charge in [0.25, 0.3) is 0 Å². The number of aliphatic hydroxyl groups excluding tert-OH is 2. The van der Waals surface area contributed by atoms with E-state index in [9.17, 15) is 29.3 Å². The number of ether oxygens (including phenoxy) is 2. The normalized spacial score (nSPS) is 14.8. The van der Waals surface area contributed by atoms with Crippen LogP contribution in [0.1, 0.15) is 142 Å². The van der Waals surface area contributed by atoms with Gasteiger partial charge in [0.15, 0.2) is 0 Å². The molecule has 3 N–H and O–H groups in total. The van der Waals surface area contributed by atoms with Crippen molar-refractivity contribution in [2.24, 2.45) is 0 Å². The van der Waals surface area contributed by atoms with Gasteiger partial charge in [-0.1, -0.05) is 143 Å². The van der Waals surface area contributed by atoms with Gasteiger partial charge in [0.2, 0.25) is 0 Å². The Morgan fingerprint density at radius 2 is 0.789 bits per heavy atom. The minimum atomic E-state index is -4.66. The van der Waals surface area contributed by atoms with Gasteiger partial charge in [-0.3, -0.25) is 18.6 Å². The van der Waals surface area contributed by atoms with E-state index in [0.717, 1.165) is 83.5 Å². The maximum Gasteiger partial charge on any atom is 0.472 e. The van der Waals surface area contributed by atoms with Crippen molar-refractivity contribution in [1.29, 1.82) is 0 Å². The number of allylic oxidation sites excluding steroid dienone is 16. The first-order chi connectivity index (χ1) is 27.8. The van der Waals surface area contributed by atoms with E-state index in [1.807, 2.05) is 12.2 Å². The second kappa shape index (κ2) is 41.1. The third-order valence-electron chi connectivity index (χ3n) is 8.29. The Morgan fingerprint density at radius 3 is 1.18 bits per heavy atom. The summed E-state index contributed by atoms with van der Waals surface area (Å²) in [6.07, 6.45) is 49.6. The number of esters is 2. The lowest BCUT2D eigenvalue weighted by Gasteiger charge is -2.20. The van der Waals surface area contributed by atoms with Crippen molar-refractivity contribution in [2.75, 3.05) is 26.4 Å². The molecule has 0 amide bonds. The van der Waals surface area contributed by atoms with E-state index in [0.29, 0.717) is 19.3 Å². The van der Waals surface area contributed by atoms with Gasteiger partial charge >= 0.3 is 19.8 Å². The first-order valence-electron chi connectivity index (χ1n) is 21.2. The average molecular weight is 819 g/mol. The van der Waals surface area contributed by atoms with Gasteiger partial charge in [0.1, 0.15) is 12.2 Å². The highest BCUT2D eigenvalue weighted by Gasteiger charge is 2.27. The Labute approximate surface area is 344 Å². The Balaban J connectivity index is 4.04. The molecule has 10 nitrogen and oxygen atoms in total. The molecule has 0 bridgehead atoms. The summed E-state index contributed by atoms with van der Waals surface area (Å²) < 4.78 is 32.5. The number of carbonyl (C=O) groups excluding carboxylic acids is 2. The first-order valence-corrected chi connectivity index (χ1v) is 22.7. The molecule has 11 heteroatoms. The highest BCUT2D eigenvalue weighted by Crippen LogP contribution is 2.43. The molecule has 0 fully saturated rings. The Hall–Kier alpha value is -3.11. The summed E-state index contributed by atoms with van der Waals surface area (Å²) in [6.45, 7) is 1.88. The minimum absolute atomic E-state index is 0.107. The minimum Gasteiger partial charge on any atom is -0.457 e. The van der Waals surface area contributed by atoms with Crippen LogP contribution in [0.3, 0.4) is 0 Å². The summed E-state index contributed by atoms with van der Waals surface area (Å²) in [4.78, 5) is 34.5. The number of phosphoric ester groups is 1. The molecule has 0 aromatic carbocycles. The largest absolute Gasteiger partial charge is 0.472 e. The lowest BCUT2D eigenvalue weighted by molar-refractivity contribution is -0.153. The smallest absolute Gasteiger partial charge is 0.457 e. The van der Waals surface area contributed by atoms with Crippen LogP contribution < -0.4 is 0 Å². The van der Waals surface area contributed by atoms with Crippen molar-refractivity contribution in [2.45, 2.75) is 154 Å². The molecule has 57 heavy (non-hydrogen) atoms. The third kappa shape index (κ3) is 39.5. The summed E-state index contributed by atoms with van der Waals surface area (Å²) in [5.74, 6) is -1.10. The van der Waals surface area contributed by atoms with Crippen LogP contribution in [0.2, 0.25) is 0 Å². The Morgan fingerprint density at radius 1 is 0.474 bits per heavy atom. The highest BCUT2D eigenvalue weighted by molar-refractivity contribution is 7.47. The quantitative estimate of drug-likeness (QED) is 0.0238. The fourth-order valence-corrected chi connectivity index (χ4v) is 5.89. The molecule has 3 atom stereocenters. The van der Waals surface area contributed by atoms with E-state index in [2.05, 4.69) is 98.9 Å². The molecular formula is C46H75O10P. The molecule has 0 aliphatic carbocycles. The summed E-state index contributed by atoms with van der Waals surface area (Å²) >= 11 is 0. The molecule has 0 spiro atoms. The van der Waals surface area contributed by atoms with E-state index < -0.39 is 58.4 Å². The van der Waals surface area contributed by atoms with Crippen LogP contribution in [0.15, 0.2) is 97.2 Å². The number of unbranched alkanes of at least 4 members (excludes halogenated alkanes) is 8. The Bertz CT molecular complexity index is 1260. The SMILES string of the molecule is CC/C=C\C/C=C\C/C=C\C/C=C\C/C=C\CCCC(=O)OC(CO)COP(=O)(O)OCC(CO)OC(=O)CCCCCCCCC/C=C\C/C=C\C/C=C\CC.